The molecule has 0 atom stereocenters. The summed E-state index contributed by atoms with van der Waals surface area (Å²) in [5.41, 5.74) is 1.81. The molecule has 8 rings (SSSR count). The summed E-state index contributed by atoms with van der Waals surface area (Å²) in [6.07, 6.45) is 15.0. The van der Waals surface area contributed by atoms with Gasteiger partial charge in [0.2, 0.25) is 5.91 Å². The highest BCUT2D eigenvalue weighted by Crippen LogP contribution is 2.33. The van der Waals surface area contributed by atoms with Gasteiger partial charge in [-0.15, -0.1) is 0 Å². The van der Waals surface area contributed by atoms with E-state index in [9.17, 15) is 14.4 Å². The van der Waals surface area contributed by atoms with Crippen LogP contribution in [0.5, 0.6) is 5.75 Å². The molecule has 0 unspecified atom stereocenters. The van der Waals surface area contributed by atoms with Gasteiger partial charge in [0.25, 0.3) is 5.91 Å². The second-order valence-electron chi connectivity index (χ2n) is 15.1. The van der Waals surface area contributed by atoms with Crippen molar-refractivity contribution < 1.29 is 19.1 Å². The number of halogens is 1. The lowest BCUT2D eigenvalue weighted by molar-refractivity contribution is -0.120. The van der Waals surface area contributed by atoms with Crippen molar-refractivity contribution in [3.8, 4) is 11.8 Å². The van der Waals surface area contributed by atoms with Crippen LogP contribution in [-0.4, -0.2) is 93.7 Å². The van der Waals surface area contributed by atoms with E-state index in [0.717, 1.165) is 101 Å². The van der Waals surface area contributed by atoms with E-state index in [4.69, 9.17) is 21.6 Å². The number of ether oxygens (including phenoxy) is 1. The number of nitrogens with one attached hydrogen (secondary N) is 2. The van der Waals surface area contributed by atoms with E-state index in [1.54, 1.807) is 41.7 Å². The topological polar surface area (TPSA) is 162 Å². The first kappa shape index (κ1) is 36.7. The molecule has 3 aliphatic heterocycles. The Kier molecular flexibility index (Phi) is 10.8. The minimum atomic E-state index is -0.416. The van der Waals surface area contributed by atoms with Crippen LogP contribution in [0.15, 0.2) is 55.1 Å². The monoisotopic (exact) mass is 764 g/mol. The van der Waals surface area contributed by atoms with Crippen molar-refractivity contribution in [1.82, 2.24) is 35.1 Å². The second-order valence-corrected chi connectivity index (χ2v) is 15.5. The molecule has 0 radical (unpaired) electrons. The van der Waals surface area contributed by atoms with Crippen molar-refractivity contribution in [2.45, 2.75) is 76.0 Å². The summed E-state index contributed by atoms with van der Waals surface area (Å²) in [5.74, 6) is 2.22. The third kappa shape index (κ3) is 8.23. The van der Waals surface area contributed by atoms with Gasteiger partial charge < -0.3 is 24.4 Å². The summed E-state index contributed by atoms with van der Waals surface area (Å²) in [4.78, 5) is 57.2. The first-order chi connectivity index (χ1) is 26.8. The molecule has 3 saturated heterocycles. The standard InChI is InChI=1S/C40H45ClN10O4/c41-33-21-31(4-1-27(33)22-42)55-30-5-2-28(3-6-30)46-39(53)34-23-45-36(24-44-34)49-17-8-26(9-18-49)25-48-15-10-29(11-16-48)50-19-12-32-35(50)7-14-43-38(32)51-20-13-37(52)47-40(51)54/h1,4,7,12,14,19,21,23-24,26,28-30H,2-3,5-6,8-11,13,15-18,20,25H2,(H,46,53)(H,47,52,54)/t28-,30-. The first-order valence-electron chi connectivity index (χ1n) is 19.3. The van der Waals surface area contributed by atoms with Gasteiger partial charge in [0.05, 0.1) is 34.6 Å². The number of hydrogen-bond acceptors (Lipinski definition) is 10. The van der Waals surface area contributed by atoms with Gasteiger partial charge in [-0.2, -0.15) is 5.26 Å². The van der Waals surface area contributed by atoms with Crippen LogP contribution >= 0.6 is 11.6 Å². The van der Waals surface area contributed by atoms with Gasteiger partial charge in [0.1, 0.15) is 29.1 Å². The molecule has 2 N–H and O–H groups in total. The maximum Gasteiger partial charge on any atom is 0.329 e. The van der Waals surface area contributed by atoms with E-state index in [2.05, 4.69) is 52.2 Å². The summed E-state index contributed by atoms with van der Waals surface area (Å²) >= 11 is 6.15. The molecule has 1 saturated carbocycles. The molecule has 6 heterocycles. The van der Waals surface area contributed by atoms with Gasteiger partial charge in [-0.05, 0) is 81.5 Å². The zero-order chi connectivity index (χ0) is 37.9. The number of carbonyl (C=O) groups excluding carboxylic acids is 3. The van der Waals surface area contributed by atoms with E-state index in [0.29, 0.717) is 46.4 Å². The largest absolute Gasteiger partial charge is 0.490 e. The van der Waals surface area contributed by atoms with Crippen LogP contribution in [0.1, 0.15) is 79.9 Å². The zero-order valence-corrected chi connectivity index (χ0v) is 31.5. The molecule has 1 aliphatic carbocycles. The highest BCUT2D eigenvalue weighted by atomic mass is 35.5. The molecule has 55 heavy (non-hydrogen) atoms. The Morgan fingerprint density at radius 1 is 0.945 bits per heavy atom. The molecule has 4 fully saturated rings. The number of rotatable bonds is 9. The Bertz CT molecular complexity index is 2080. The van der Waals surface area contributed by atoms with Gasteiger partial charge in [-0.1, -0.05) is 11.6 Å². The summed E-state index contributed by atoms with van der Waals surface area (Å²) in [7, 11) is 0. The third-order valence-corrected chi connectivity index (χ3v) is 11.9. The number of piperidine rings is 2. The number of amides is 4. The number of benzene rings is 1. The van der Waals surface area contributed by atoms with E-state index in [1.165, 1.54) is 0 Å². The lowest BCUT2D eigenvalue weighted by Crippen LogP contribution is -2.49. The summed E-state index contributed by atoms with van der Waals surface area (Å²) < 4.78 is 8.42. The highest BCUT2D eigenvalue weighted by Gasteiger charge is 2.30. The third-order valence-electron chi connectivity index (χ3n) is 11.6. The van der Waals surface area contributed by atoms with Crippen LogP contribution in [-0.2, 0) is 4.79 Å². The second kappa shape index (κ2) is 16.2. The number of fused-ring (bicyclic) bond motifs is 1. The molecule has 3 aromatic heterocycles. The predicted octanol–water partition coefficient (Wildman–Crippen LogP) is 5.47. The van der Waals surface area contributed by atoms with E-state index < -0.39 is 6.03 Å². The Labute approximate surface area is 324 Å². The fourth-order valence-corrected chi connectivity index (χ4v) is 8.71. The van der Waals surface area contributed by atoms with Gasteiger partial charge in [0, 0.05) is 81.6 Å². The van der Waals surface area contributed by atoms with Crippen LogP contribution in [0.25, 0.3) is 10.9 Å². The number of carbonyl (C=O) groups is 3. The number of hydrogen-bond donors (Lipinski definition) is 2. The van der Waals surface area contributed by atoms with Crippen molar-refractivity contribution in [2.24, 2.45) is 5.92 Å². The summed E-state index contributed by atoms with van der Waals surface area (Å²) in [6.45, 7) is 5.33. The maximum absolute atomic E-state index is 13.0. The van der Waals surface area contributed by atoms with Crippen LogP contribution in [0.3, 0.4) is 0 Å². The Morgan fingerprint density at radius 2 is 1.75 bits per heavy atom. The fourth-order valence-electron chi connectivity index (χ4n) is 8.50. The maximum atomic E-state index is 13.0. The molecule has 4 aromatic rings. The summed E-state index contributed by atoms with van der Waals surface area (Å²) in [5, 5.41) is 15.9. The number of nitriles is 1. The molecule has 0 bridgehead atoms. The molecule has 15 heteroatoms. The minimum Gasteiger partial charge on any atom is -0.490 e. The molecule has 286 valence electrons. The Morgan fingerprint density at radius 3 is 2.45 bits per heavy atom. The zero-order valence-electron chi connectivity index (χ0n) is 30.7. The molecule has 4 amide bonds. The Balaban J connectivity index is 0.760. The van der Waals surface area contributed by atoms with E-state index >= 15 is 0 Å². The van der Waals surface area contributed by atoms with Gasteiger partial charge in [-0.3, -0.25) is 19.8 Å². The van der Waals surface area contributed by atoms with Crippen molar-refractivity contribution >= 4 is 52.0 Å². The normalized spacial score (nSPS) is 21.7. The number of imide groups is 1. The number of likely N-dealkylation sites (tertiary alicyclic amines) is 1. The van der Waals surface area contributed by atoms with Crippen molar-refractivity contribution in [2.75, 3.05) is 49.1 Å². The number of pyridine rings is 1. The van der Waals surface area contributed by atoms with Gasteiger partial charge in [0.15, 0.2) is 0 Å². The molecule has 4 aliphatic rings. The molecular formula is C40H45ClN10O4. The molecule has 14 nitrogen and oxygen atoms in total. The van der Waals surface area contributed by atoms with Crippen molar-refractivity contribution in [3.63, 3.8) is 0 Å². The Hall–Kier alpha value is -5.26. The predicted molar refractivity (Wildman–Crippen MR) is 207 cm³/mol. The van der Waals surface area contributed by atoms with Crippen molar-refractivity contribution in [3.05, 3.63) is 71.4 Å². The molecule has 0 spiro atoms. The lowest BCUT2D eigenvalue weighted by Gasteiger charge is -2.38. The molecular weight excluding hydrogens is 720 g/mol. The minimum absolute atomic E-state index is 0.0333. The highest BCUT2D eigenvalue weighted by molar-refractivity contribution is 6.31. The van der Waals surface area contributed by atoms with Crippen LogP contribution in [0, 0.1) is 17.2 Å². The smallest absolute Gasteiger partial charge is 0.329 e. The van der Waals surface area contributed by atoms with Crippen molar-refractivity contribution in [1.29, 1.82) is 5.26 Å². The quantitative estimate of drug-likeness (QED) is 0.224. The fraction of sp³-hybridized carbons (Fsp3) is 0.475. The van der Waals surface area contributed by atoms with E-state index in [-0.39, 0.29) is 30.4 Å². The van der Waals surface area contributed by atoms with Crippen LogP contribution in [0.2, 0.25) is 5.02 Å². The first-order valence-corrected chi connectivity index (χ1v) is 19.7. The number of anilines is 2. The average molecular weight is 765 g/mol. The van der Waals surface area contributed by atoms with Crippen LogP contribution < -0.4 is 25.2 Å². The molecule has 1 aromatic carbocycles. The average Bonchev–Trinajstić information content (AvgIpc) is 3.64. The SMILES string of the molecule is N#Cc1ccc(O[C@H]2CC[C@H](NC(=O)c3cnc(N4CCC(CN5CCC(n6ccc7c(N8CCC(=O)NC8=O)nccc76)CC5)CC4)cn3)CC2)cc1Cl. The van der Waals surface area contributed by atoms with Gasteiger partial charge >= 0.3 is 6.03 Å². The van der Waals surface area contributed by atoms with E-state index in [1.807, 2.05) is 12.1 Å². The van der Waals surface area contributed by atoms with Crippen LogP contribution in [0.4, 0.5) is 16.4 Å². The summed E-state index contributed by atoms with van der Waals surface area (Å²) in [6, 6.07) is 11.2. The number of nitrogens with zero attached hydrogens (tertiary/aromatic N) is 8. The lowest BCUT2D eigenvalue weighted by atomic mass is 9.93. The van der Waals surface area contributed by atoms with Gasteiger partial charge in [-0.25, -0.2) is 19.7 Å². The number of urea groups is 1. The number of aromatic nitrogens is 4.